The maximum Gasteiger partial charge on any atom is 0.339 e. The van der Waals surface area contributed by atoms with Gasteiger partial charge in [-0.1, -0.05) is 0 Å². The topological polar surface area (TPSA) is 102 Å². The van der Waals surface area contributed by atoms with Crippen molar-refractivity contribution in [2.45, 2.75) is 6.54 Å². The van der Waals surface area contributed by atoms with E-state index in [0.29, 0.717) is 13.1 Å². The molecule has 2 heterocycles. The Hall–Kier alpha value is -2.64. The van der Waals surface area contributed by atoms with Gasteiger partial charge in [-0.3, -0.25) is 14.2 Å². The normalized spacial score (nSPS) is 10.4. The van der Waals surface area contributed by atoms with Crippen LogP contribution in [0, 0.1) is 0 Å². The van der Waals surface area contributed by atoms with Crippen molar-refractivity contribution in [2.24, 2.45) is 7.05 Å². The molecule has 0 saturated carbocycles. The number of hydrogen-bond acceptors (Lipinski definition) is 4. The van der Waals surface area contributed by atoms with Gasteiger partial charge in [-0.15, -0.1) is 0 Å². The molecule has 2 rings (SSSR count). The van der Waals surface area contributed by atoms with Crippen LogP contribution < -0.4 is 5.32 Å². The number of amides is 1. The molecular weight excluding hydrogens is 250 g/mol. The van der Waals surface area contributed by atoms with E-state index in [1.807, 2.05) is 0 Å². The standard InChI is InChI=1S/C11H13N5O3/c1-15-7-8(11(18)19)9(14-15)10(17)12-4-6-16-5-2-3-13-16/h2-3,5,7H,4,6H2,1H3,(H,12,17)(H,18,19). The molecule has 100 valence electrons. The highest BCUT2D eigenvalue weighted by Gasteiger charge is 2.20. The van der Waals surface area contributed by atoms with E-state index in [2.05, 4.69) is 15.5 Å². The number of aromatic carboxylic acids is 1. The minimum Gasteiger partial charge on any atom is -0.478 e. The van der Waals surface area contributed by atoms with E-state index in [1.165, 1.54) is 10.9 Å². The molecule has 0 aliphatic rings. The van der Waals surface area contributed by atoms with Crippen LogP contribution >= 0.6 is 0 Å². The summed E-state index contributed by atoms with van der Waals surface area (Å²) in [6.07, 6.45) is 4.71. The van der Waals surface area contributed by atoms with Gasteiger partial charge in [-0.05, 0) is 6.07 Å². The van der Waals surface area contributed by atoms with Gasteiger partial charge in [0, 0.05) is 32.2 Å². The SMILES string of the molecule is Cn1cc(C(=O)O)c(C(=O)NCCn2cccn2)n1. The molecule has 0 saturated heterocycles. The highest BCUT2D eigenvalue weighted by atomic mass is 16.4. The van der Waals surface area contributed by atoms with Gasteiger partial charge in [0.2, 0.25) is 0 Å². The summed E-state index contributed by atoms with van der Waals surface area (Å²) in [6.45, 7) is 0.851. The summed E-state index contributed by atoms with van der Waals surface area (Å²) in [4.78, 5) is 22.8. The second kappa shape index (κ2) is 5.34. The molecule has 2 aromatic heterocycles. The van der Waals surface area contributed by atoms with Crippen molar-refractivity contribution in [1.82, 2.24) is 24.9 Å². The molecule has 2 aromatic rings. The summed E-state index contributed by atoms with van der Waals surface area (Å²) in [5.41, 5.74) is -0.199. The van der Waals surface area contributed by atoms with Crippen LogP contribution in [0.4, 0.5) is 0 Å². The lowest BCUT2D eigenvalue weighted by atomic mass is 10.2. The third-order valence-electron chi connectivity index (χ3n) is 2.46. The lowest BCUT2D eigenvalue weighted by Crippen LogP contribution is -2.29. The first-order valence-corrected chi connectivity index (χ1v) is 5.60. The molecule has 0 aliphatic carbocycles. The van der Waals surface area contributed by atoms with Crippen molar-refractivity contribution in [2.75, 3.05) is 6.54 Å². The zero-order valence-corrected chi connectivity index (χ0v) is 10.3. The van der Waals surface area contributed by atoms with Crippen molar-refractivity contribution >= 4 is 11.9 Å². The number of carbonyl (C=O) groups is 2. The number of rotatable bonds is 5. The van der Waals surface area contributed by atoms with E-state index in [0.717, 1.165) is 0 Å². The monoisotopic (exact) mass is 263 g/mol. The van der Waals surface area contributed by atoms with Gasteiger partial charge in [0.1, 0.15) is 5.56 Å². The molecule has 0 radical (unpaired) electrons. The van der Waals surface area contributed by atoms with Crippen molar-refractivity contribution in [1.29, 1.82) is 0 Å². The fourth-order valence-corrected chi connectivity index (χ4v) is 1.61. The minimum absolute atomic E-state index is 0.0875. The number of carboxylic acids is 1. The van der Waals surface area contributed by atoms with Crippen molar-refractivity contribution < 1.29 is 14.7 Å². The third-order valence-corrected chi connectivity index (χ3v) is 2.46. The van der Waals surface area contributed by atoms with E-state index in [9.17, 15) is 9.59 Å². The number of aryl methyl sites for hydroxylation is 1. The van der Waals surface area contributed by atoms with Crippen LogP contribution in [0.5, 0.6) is 0 Å². The van der Waals surface area contributed by atoms with Gasteiger partial charge in [0.15, 0.2) is 5.69 Å². The number of carboxylic acid groups (broad SMARTS) is 1. The predicted octanol–water partition coefficient (Wildman–Crippen LogP) is -0.255. The van der Waals surface area contributed by atoms with Crippen molar-refractivity contribution in [3.05, 3.63) is 35.9 Å². The number of hydrogen-bond donors (Lipinski definition) is 2. The first-order chi connectivity index (χ1) is 9.08. The van der Waals surface area contributed by atoms with Crippen LogP contribution in [0.1, 0.15) is 20.8 Å². The summed E-state index contributed by atoms with van der Waals surface area (Å²) in [7, 11) is 1.56. The molecule has 0 aliphatic heterocycles. The zero-order chi connectivity index (χ0) is 13.8. The molecule has 2 N–H and O–H groups in total. The van der Waals surface area contributed by atoms with Gasteiger partial charge in [-0.25, -0.2) is 4.79 Å². The third kappa shape index (κ3) is 2.97. The van der Waals surface area contributed by atoms with E-state index in [1.54, 1.807) is 30.2 Å². The average molecular weight is 263 g/mol. The molecule has 1 amide bonds. The Balaban J connectivity index is 1.98. The minimum atomic E-state index is -1.18. The first kappa shape index (κ1) is 12.8. The number of aromatic nitrogens is 4. The molecular formula is C11H13N5O3. The van der Waals surface area contributed by atoms with E-state index in [-0.39, 0.29) is 11.3 Å². The fraction of sp³-hybridized carbons (Fsp3) is 0.273. The van der Waals surface area contributed by atoms with Crippen LogP contribution in [-0.4, -0.2) is 43.1 Å². The van der Waals surface area contributed by atoms with E-state index >= 15 is 0 Å². The molecule has 0 unspecified atom stereocenters. The molecule has 19 heavy (non-hydrogen) atoms. The van der Waals surface area contributed by atoms with E-state index in [4.69, 9.17) is 5.11 Å². The lowest BCUT2D eigenvalue weighted by molar-refractivity contribution is 0.0691. The highest BCUT2D eigenvalue weighted by molar-refractivity contribution is 6.03. The smallest absolute Gasteiger partial charge is 0.339 e. The van der Waals surface area contributed by atoms with Crippen LogP contribution in [0.3, 0.4) is 0 Å². The van der Waals surface area contributed by atoms with Gasteiger partial charge in [-0.2, -0.15) is 10.2 Å². The summed E-state index contributed by atoms with van der Waals surface area (Å²) >= 11 is 0. The van der Waals surface area contributed by atoms with Crippen LogP contribution in [0.2, 0.25) is 0 Å². The van der Waals surface area contributed by atoms with Gasteiger partial charge in [0.05, 0.1) is 6.54 Å². The van der Waals surface area contributed by atoms with Crippen LogP contribution in [0.15, 0.2) is 24.7 Å². The molecule has 0 aromatic carbocycles. The second-order valence-electron chi connectivity index (χ2n) is 3.90. The molecule has 0 fully saturated rings. The van der Waals surface area contributed by atoms with Gasteiger partial charge < -0.3 is 10.4 Å². The Morgan fingerprint density at radius 2 is 2.26 bits per heavy atom. The number of nitrogens with one attached hydrogen (secondary N) is 1. The summed E-state index contributed by atoms with van der Waals surface area (Å²) in [5, 5.41) is 19.4. The maximum absolute atomic E-state index is 11.8. The molecule has 8 heteroatoms. The Morgan fingerprint density at radius 1 is 1.47 bits per heavy atom. The molecule has 0 spiro atoms. The highest BCUT2D eigenvalue weighted by Crippen LogP contribution is 2.05. The predicted molar refractivity (Wildman–Crippen MR) is 64.7 cm³/mol. The number of carbonyl (C=O) groups excluding carboxylic acids is 1. The number of nitrogens with zero attached hydrogens (tertiary/aromatic N) is 4. The van der Waals surface area contributed by atoms with Crippen LogP contribution in [0.25, 0.3) is 0 Å². The Labute approximate surface area is 108 Å². The van der Waals surface area contributed by atoms with Gasteiger partial charge >= 0.3 is 5.97 Å². The largest absolute Gasteiger partial charge is 0.478 e. The first-order valence-electron chi connectivity index (χ1n) is 5.60. The summed E-state index contributed by atoms with van der Waals surface area (Å²) < 4.78 is 2.96. The van der Waals surface area contributed by atoms with Crippen molar-refractivity contribution in [3.63, 3.8) is 0 Å². The van der Waals surface area contributed by atoms with E-state index < -0.39 is 11.9 Å². The fourth-order valence-electron chi connectivity index (χ4n) is 1.61. The molecule has 0 atom stereocenters. The lowest BCUT2D eigenvalue weighted by Gasteiger charge is -2.04. The Kier molecular flexibility index (Phi) is 3.60. The van der Waals surface area contributed by atoms with Crippen LogP contribution in [-0.2, 0) is 13.6 Å². The summed E-state index contributed by atoms with van der Waals surface area (Å²) in [5.74, 6) is -1.68. The second-order valence-corrected chi connectivity index (χ2v) is 3.90. The van der Waals surface area contributed by atoms with Gasteiger partial charge in [0.25, 0.3) is 5.91 Å². The summed E-state index contributed by atoms with van der Waals surface area (Å²) in [6, 6.07) is 1.78. The zero-order valence-electron chi connectivity index (χ0n) is 10.3. The molecule has 0 bridgehead atoms. The quantitative estimate of drug-likeness (QED) is 0.774. The average Bonchev–Trinajstić information content (AvgIpc) is 2.98. The van der Waals surface area contributed by atoms with Crippen molar-refractivity contribution in [3.8, 4) is 0 Å². The maximum atomic E-state index is 11.8. The molecule has 8 nitrogen and oxygen atoms in total. The Morgan fingerprint density at radius 3 is 2.89 bits per heavy atom. The Bertz CT molecular complexity index is 588.